The summed E-state index contributed by atoms with van der Waals surface area (Å²) in [6, 6.07) is -1.89. The van der Waals surface area contributed by atoms with Gasteiger partial charge in [-0.3, -0.25) is 34.1 Å². The Hall–Kier alpha value is -0.560. The van der Waals surface area contributed by atoms with Crippen LogP contribution < -0.4 is 31.5 Å². The van der Waals surface area contributed by atoms with Crippen LogP contribution >= 0.6 is 136 Å². The van der Waals surface area contributed by atoms with Gasteiger partial charge in [0.25, 0.3) is 23.6 Å². The molecule has 12 N–H and O–H groups in total. The molecule has 0 heterocycles. The van der Waals surface area contributed by atoms with Crippen LogP contribution in [-0.4, -0.2) is 182 Å². The lowest BCUT2D eigenvalue weighted by molar-refractivity contribution is -0.120. The molecular weight excluding hydrogens is 1510 g/mol. The quantitative estimate of drug-likeness (QED) is 0.0339. The minimum absolute atomic E-state index is 0.00881. The number of Topliss-reactive ketones (excluding diaryl/α,β-unsaturated/α-hetero) is 1. The van der Waals surface area contributed by atoms with Crippen LogP contribution in [0.25, 0.3) is 0 Å². The summed E-state index contributed by atoms with van der Waals surface area (Å²) in [7, 11) is 3.87. The fourth-order valence-corrected chi connectivity index (χ4v) is 14.5. The van der Waals surface area contributed by atoms with Gasteiger partial charge < -0.3 is 71.4 Å². The zero-order chi connectivity index (χ0) is 47.2. The highest BCUT2D eigenvalue weighted by molar-refractivity contribution is 14.1. The third-order valence-electron chi connectivity index (χ3n) is 8.30. The van der Waals surface area contributed by atoms with E-state index < -0.39 is 112 Å². The second-order valence-corrected chi connectivity index (χ2v) is 19.4. The number of hydrogen-bond donors (Lipinski definition) is 12. The van der Waals surface area contributed by atoms with Crippen molar-refractivity contribution in [3.8, 4) is 0 Å². The van der Waals surface area contributed by atoms with Crippen LogP contribution in [0.15, 0.2) is 0 Å². The first-order valence-corrected chi connectivity index (χ1v) is 24.3. The summed E-state index contributed by atoms with van der Waals surface area (Å²) in [4.78, 5) is 85.0. The van der Waals surface area contributed by atoms with E-state index in [0.717, 1.165) is 4.90 Å². The molecule has 62 heavy (non-hydrogen) atoms. The zero-order valence-electron chi connectivity index (χ0n) is 32.9. The van der Waals surface area contributed by atoms with Crippen LogP contribution in [0.1, 0.15) is 41.4 Å². The number of methoxy groups -OCH3 is 2. The molecule has 0 aliphatic carbocycles. The Kier molecular flexibility index (Phi) is 25.9. The number of likely N-dealkylation sites (N-methyl/N-ethyl adjacent to an activating group) is 1. The van der Waals surface area contributed by atoms with Crippen LogP contribution in [-0.2, 0) is 19.1 Å². The Morgan fingerprint density at radius 1 is 0.581 bits per heavy atom. The minimum atomic E-state index is -1.89. The maximum absolute atomic E-state index is 15.0. The molecule has 2 rings (SSSR count). The van der Waals surface area contributed by atoms with Crippen molar-refractivity contribution in [2.24, 2.45) is 0 Å². The van der Waals surface area contributed by atoms with Crippen molar-refractivity contribution >= 4 is 182 Å². The van der Waals surface area contributed by atoms with Gasteiger partial charge in [-0.2, -0.15) is 0 Å². The molecule has 2 aromatic carbocycles. The topological polar surface area (TPSA) is 326 Å². The van der Waals surface area contributed by atoms with Gasteiger partial charge in [0.2, 0.25) is 5.91 Å². The molecule has 0 aliphatic rings. The predicted octanol–water partition coefficient (Wildman–Crippen LogP) is -1.04. The SMILES string of the molecule is COCC(=O)Nc1c(I)c(C(=O)NCC(O)CO)c(I)c(C(=O)C(NCC(O)COC)C(=O)N(C)c2c(I)c(C(=O)NCC(O)CO)c(I)c(C(=O)NCC(O)CO)c2I)c1I. The van der Waals surface area contributed by atoms with E-state index in [4.69, 9.17) is 9.47 Å². The van der Waals surface area contributed by atoms with Crippen molar-refractivity contribution in [1.29, 1.82) is 0 Å². The van der Waals surface area contributed by atoms with Crippen LogP contribution in [0.4, 0.5) is 11.4 Å². The normalized spacial score (nSPS) is 13.7. The Morgan fingerprint density at radius 2 is 0.984 bits per heavy atom. The van der Waals surface area contributed by atoms with Crippen molar-refractivity contribution in [1.82, 2.24) is 21.3 Å². The van der Waals surface area contributed by atoms with E-state index in [1.165, 1.54) is 21.3 Å². The third-order valence-corrected chi connectivity index (χ3v) is 14.7. The van der Waals surface area contributed by atoms with E-state index in [1.807, 2.05) is 0 Å². The molecule has 0 bridgehead atoms. The number of halogens is 6. The van der Waals surface area contributed by atoms with Crippen molar-refractivity contribution < 1.29 is 74.0 Å². The first-order chi connectivity index (χ1) is 29.1. The third kappa shape index (κ3) is 15.2. The summed E-state index contributed by atoms with van der Waals surface area (Å²) in [6.07, 6.45) is -5.26. The summed E-state index contributed by atoms with van der Waals surface area (Å²) in [5, 5.41) is 81.4. The molecule has 0 fully saturated rings. The van der Waals surface area contributed by atoms with Crippen LogP contribution in [0, 0.1) is 21.4 Å². The average Bonchev–Trinajstić information content (AvgIpc) is 3.22. The Bertz CT molecular complexity index is 1930. The first kappa shape index (κ1) is 57.6. The number of carbonyl (C=O) groups is 6. The van der Waals surface area contributed by atoms with Crippen molar-refractivity contribution in [3.05, 3.63) is 43.7 Å². The van der Waals surface area contributed by atoms with Gasteiger partial charge in [0.15, 0.2) is 11.8 Å². The van der Waals surface area contributed by atoms with Gasteiger partial charge in [0.1, 0.15) is 6.61 Å². The molecule has 5 unspecified atom stereocenters. The van der Waals surface area contributed by atoms with Gasteiger partial charge in [-0.15, -0.1) is 0 Å². The number of carbonyl (C=O) groups excluding carboxylic acids is 6. The highest BCUT2D eigenvalue weighted by Gasteiger charge is 2.39. The Labute approximate surface area is 437 Å². The van der Waals surface area contributed by atoms with E-state index in [-0.39, 0.29) is 68.2 Å². The molecule has 2 aromatic rings. The maximum atomic E-state index is 15.0. The number of hydrogen-bond acceptors (Lipinski definition) is 16. The number of amides is 5. The lowest BCUT2D eigenvalue weighted by atomic mass is 9.98. The number of rotatable bonds is 24. The van der Waals surface area contributed by atoms with Gasteiger partial charge >= 0.3 is 0 Å². The zero-order valence-corrected chi connectivity index (χ0v) is 45.8. The van der Waals surface area contributed by atoms with Gasteiger partial charge in [0, 0.05) is 63.7 Å². The summed E-state index contributed by atoms with van der Waals surface area (Å²) >= 11 is 10.7. The van der Waals surface area contributed by atoms with E-state index in [0.29, 0.717) is 0 Å². The molecule has 0 spiro atoms. The van der Waals surface area contributed by atoms with E-state index in [2.05, 4.69) is 26.6 Å². The van der Waals surface area contributed by atoms with Gasteiger partial charge in [-0.05, 0) is 136 Å². The molecule has 21 nitrogen and oxygen atoms in total. The molecule has 0 radical (unpaired) electrons. The molecule has 0 aliphatic heterocycles. The molecule has 27 heteroatoms. The number of nitrogens with zero attached hydrogens (tertiary/aromatic N) is 1. The number of ether oxygens (including phenoxy) is 2. The number of aliphatic hydroxyl groups excluding tert-OH is 7. The van der Waals surface area contributed by atoms with Crippen LogP contribution in [0.2, 0.25) is 0 Å². The fourth-order valence-electron chi connectivity index (χ4n) is 5.18. The standard InChI is InChI=1S/C35H44I6N6O15/c1-47(30-26(40)20(33(58)44-5-14(52)9-49)23(37)21(27(30)41)34(59)45-6-15(53)10-50)35(60)29(42-7-16(54)11-61-2)31(56)18-22(36)19(32(57)43-4-13(51)8-48)25(39)28(24(18)38)46-17(55)12-62-3/h13-16,29,42,48-54H,4-12H2,1-3H3,(H,43,57)(H,44,58)(H,45,59)(H,46,55). The van der Waals surface area contributed by atoms with Crippen LogP contribution in [0.3, 0.4) is 0 Å². The summed E-state index contributed by atoms with van der Waals surface area (Å²) in [6.45, 7) is -4.21. The lowest BCUT2D eigenvalue weighted by Gasteiger charge is -2.29. The monoisotopic (exact) mass is 1550 g/mol. The van der Waals surface area contributed by atoms with Gasteiger partial charge in [0.05, 0.1) is 89.6 Å². The molecule has 0 saturated heterocycles. The summed E-state index contributed by atoms with van der Waals surface area (Å²) < 4.78 is 10.6. The maximum Gasteiger partial charge on any atom is 0.253 e. The van der Waals surface area contributed by atoms with Gasteiger partial charge in [-0.25, -0.2) is 0 Å². The Morgan fingerprint density at radius 3 is 1.39 bits per heavy atom. The molecule has 5 amide bonds. The second-order valence-electron chi connectivity index (χ2n) is 12.9. The number of aliphatic hydroxyl groups is 7. The largest absolute Gasteiger partial charge is 0.394 e. The molecule has 0 aromatic heterocycles. The van der Waals surface area contributed by atoms with Crippen LogP contribution in [0.5, 0.6) is 0 Å². The van der Waals surface area contributed by atoms with Gasteiger partial charge in [-0.1, -0.05) is 0 Å². The Balaban J connectivity index is 3.00. The predicted molar refractivity (Wildman–Crippen MR) is 273 cm³/mol. The molecule has 0 saturated carbocycles. The lowest BCUT2D eigenvalue weighted by Crippen LogP contribution is -2.53. The first-order valence-electron chi connectivity index (χ1n) is 17.8. The number of nitrogens with one attached hydrogen (secondary N) is 5. The molecule has 5 atom stereocenters. The number of benzene rings is 2. The fraction of sp³-hybridized carbons (Fsp3) is 0.486. The summed E-state index contributed by atoms with van der Waals surface area (Å²) in [5.41, 5.74) is -0.649. The smallest absolute Gasteiger partial charge is 0.253 e. The highest BCUT2D eigenvalue weighted by Crippen LogP contribution is 2.39. The number of anilines is 2. The number of ketones is 1. The molecule has 346 valence electrons. The molecular formula is C35H44I6N6O15. The van der Waals surface area contributed by atoms with E-state index in [9.17, 15) is 59.7 Å². The minimum Gasteiger partial charge on any atom is -0.394 e. The summed E-state index contributed by atoms with van der Waals surface area (Å²) in [5.74, 6) is -5.03. The van der Waals surface area contributed by atoms with E-state index >= 15 is 4.79 Å². The van der Waals surface area contributed by atoms with Crippen molar-refractivity contribution in [3.63, 3.8) is 0 Å². The van der Waals surface area contributed by atoms with E-state index in [1.54, 1.807) is 136 Å². The van der Waals surface area contributed by atoms with Crippen molar-refractivity contribution in [2.45, 2.75) is 30.5 Å². The second kappa shape index (κ2) is 27.9. The van der Waals surface area contributed by atoms with Crippen molar-refractivity contribution in [2.75, 3.05) is 90.7 Å². The highest BCUT2D eigenvalue weighted by atomic mass is 127. The average molecular weight is 1550 g/mol.